The maximum Gasteiger partial charge on any atom is 0.255 e. The highest BCUT2D eigenvalue weighted by Gasteiger charge is 2.22. The number of hydrogen-bond donors (Lipinski definition) is 2. The highest BCUT2D eigenvalue weighted by atomic mass is 32.2. The number of carbonyl (C=O) groups is 1. The first-order valence-electron chi connectivity index (χ1n) is 9.53. The fraction of sp³-hybridized carbons (Fsp3) is 0.381. The number of sulfonamides is 1. The lowest BCUT2D eigenvalue weighted by atomic mass is 10.1. The second-order valence-corrected chi connectivity index (χ2v) is 9.16. The quantitative estimate of drug-likeness (QED) is 0.778. The van der Waals surface area contributed by atoms with Gasteiger partial charge >= 0.3 is 0 Å². The molecule has 0 spiro atoms. The monoisotopic (exact) mass is 417 g/mol. The van der Waals surface area contributed by atoms with Crippen LogP contribution >= 0.6 is 0 Å². The van der Waals surface area contributed by atoms with Crippen LogP contribution in [0.1, 0.15) is 35.3 Å². The minimum atomic E-state index is -3.85. The lowest BCUT2D eigenvalue weighted by molar-refractivity contribution is -0.0704. The number of anilines is 1. The van der Waals surface area contributed by atoms with Crippen molar-refractivity contribution in [2.24, 2.45) is 5.14 Å². The van der Waals surface area contributed by atoms with Crippen molar-refractivity contribution in [3.05, 3.63) is 59.2 Å². The van der Waals surface area contributed by atoms with Crippen molar-refractivity contribution in [3.63, 3.8) is 0 Å². The third-order valence-corrected chi connectivity index (χ3v) is 5.92. The molecular formula is C21H27N3O4S. The van der Waals surface area contributed by atoms with E-state index in [2.05, 4.69) is 24.1 Å². The molecule has 1 amide bonds. The van der Waals surface area contributed by atoms with Gasteiger partial charge in [-0.25, -0.2) is 13.6 Å². The summed E-state index contributed by atoms with van der Waals surface area (Å²) >= 11 is 0. The lowest BCUT2D eigenvalue weighted by Crippen LogP contribution is -2.44. The van der Waals surface area contributed by atoms with Crippen LogP contribution in [-0.2, 0) is 21.3 Å². The molecule has 2 unspecified atom stereocenters. The number of primary sulfonamides is 1. The fourth-order valence-corrected chi connectivity index (χ4v) is 4.43. The Bertz CT molecular complexity index is 979. The van der Waals surface area contributed by atoms with Gasteiger partial charge in [-0.15, -0.1) is 0 Å². The number of aryl methyl sites for hydroxylation is 1. The summed E-state index contributed by atoms with van der Waals surface area (Å²) in [6.07, 6.45) is 0.418. The van der Waals surface area contributed by atoms with Crippen LogP contribution in [0.2, 0.25) is 0 Å². The van der Waals surface area contributed by atoms with Crippen LogP contribution < -0.4 is 10.5 Å². The number of amides is 1. The molecule has 2 atom stereocenters. The van der Waals surface area contributed by atoms with Crippen LogP contribution in [0, 0.1) is 6.92 Å². The summed E-state index contributed by atoms with van der Waals surface area (Å²) < 4.78 is 29.1. The molecule has 0 radical (unpaired) electrons. The Balaban J connectivity index is 1.66. The van der Waals surface area contributed by atoms with Crippen molar-refractivity contribution in [2.45, 2.75) is 44.4 Å². The van der Waals surface area contributed by atoms with Gasteiger partial charge in [0, 0.05) is 30.9 Å². The molecule has 3 rings (SSSR count). The molecule has 1 aliphatic rings. The first kappa shape index (κ1) is 21.4. The Hall–Kier alpha value is -2.26. The first-order chi connectivity index (χ1) is 13.6. The minimum absolute atomic E-state index is 0.000356. The number of hydrogen-bond acceptors (Lipinski definition) is 5. The summed E-state index contributed by atoms with van der Waals surface area (Å²) in [5.74, 6) is -0.311. The third kappa shape index (κ3) is 5.63. The van der Waals surface area contributed by atoms with Crippen molar-refractivity contribution < 1.29 is 17.9 Å². The third-order valence-electron chi connectivity index (χ3n) is 4.87. The molecule has 0 aliphatic carbocycles. The van der Waals surface area contributed by atoms with Crippen LogP contribution in [0.3, 0.4) is 0 Å². The average molecular weight is 418 g/mol. The number of nitrogens with zero attached hydrogens (tertiary/aromatic N) is 1. The molecule has 2 aromatic rings. The zero-order valence-corrected chi connectivity index (χ0v) is 17.7. The second kappa shape index (κ2) is 8.62. The van der Waals surface area contributed by atoms with Gasteiger partial charge in [-0.3, -0.25) is 9.69 Å². The molecule has 1 saturated heterocycles. The van der Waals surface area contributed by atoms with Gasteiger partial charge < -0.3 is 10.1 Å². The fourth-order valence-electron chi connectivity index (χ4n) is 3.62. The molecule has 0 bridgehead atoms. The van der Waals surface area contributed by atoms with Crippen LogP contribution in [0.4, 0.5) is 5.69 Å². The van der Waals surface area contributed by atoms with E-state index in [1.807, 2.05) is 12.1 Å². The number of rotatable bonds is 5. The molecule has 1 aliphatic heterocycles. The van der Waals surface area contributed by atoms with E-state index in [9.17, 15) is 13.2 Å². The van der Waals surface area contributed by atoms with E-state index in [0.717, 1.165) is 25.2 Å². The van der Waals surface area contributed by atoms with Gasteiger partial charge in [0.25, 0.3) is 5.91 Å². The van der Waals surface area contributed by atoms with Gasteiger partial charge in [0.1, 0.15) is 0 Å². The van der Waals surface area contributed by atoms with E-state index in [4.69, 9.17) is 9.88 Å². The standard InChI is InChI=1S/C21H27N3O4S/c1-14-4-9-19(10-20(14)29(22,26)27)23-21(25)18-7-5-17(6-8-18)13-24-11-15(2)28-16(3)12-24/h4-10,15-16H,11-13H2,1-3H3,(H,23,25)(H2,22,26,27). The predicted molar refractivity (Wildman–Crippen MR) is 112 cm³/mol. The molecule has 7 nitrogen and oxygen atoms in total. The lowest BCUT2D eigenvalue weighted by Gasteiger charge is -2.35. The number of carbonyl (C=O) groups excluding carboxylic acids is 1. The molecule has 1 fully saturated rings. The SMILES string of the molecule is Cc1ccc(NC(=O)c2ccc(CN3CC(C)OC(C)C3)cc2)cc1S(N)(=O)=O. The molecule has 1 heterocycles. The van der Waals surface area contributed by atoms with Gasteiger partial charge in [-0.05, 0) is 56.2 Å². The summed E-state index contributed by atoms with van der Waals surface area (Å²) in [6.45, 7) is 8.36. The summed E-state index contributed by atoms with van der Waals surface area (Å²) in [5, 5.41) is 7.95. The molecular weight excluding hydrogens is 390 g/mol. The van der Waals surface area contributed by atoms with E-state index >= 15 is 0 Å². The number of nitrogens with one attached hydrogen (secondary N) is 1. The Morgan fingerprint density at radius 3 is 2.34 bits per heavy atom. The summed E-state index contributed by atoms with van der Waals surface area (Å²) in [4.78, 5) is 14.9. The van der Waals surface area contributed by atoms with Gasteiger partial charge in [0.05, 0.1) is 17.1 Å². The zero-order valence-electron chi connectivity index (χ0n) is 16.9. The number of morpholine rings is 1. The second-order valence-electron chi connectivity index (χ2n) is 7.63. The maximum absolute atomic E-state index is 12.5. The summed E-state index contributed by atoms with van der Waals surface area (Å²) in [7, 11) is -3.85. The molecule has 3 N–H and O–H groups in total. The van der Waals surface area contributed by atoms with Gasteiger partial charge in [0.2, 0.25) is 10.0 Å². The van der Waals surface area contributed by atoms with E-state index in [1.54, 1.807) is 31.2 Å². The topological polar surface area (TPSA) is 102 Å². The number of ether oxygens (including phenoxy) is 1. The van der Waals surface area contributed by atoms with Crippen LogP contribution in [-0.4, -0.2) is 44.5 Å². The maximum atomic E-state index is 12.5. The van der Waals surface area contributed by atoms with Crippen molar-refractivity contribution in [2.75, 3.05) is 18.4 Å². The Morgan fingerprint density at radius 1 is 1.14 bits per heavy atom. The first-order valence-corrected chi connectivity index (χ1v) is 11.1. The van der Waals surface area contributed by atoms with Crippen LogP contribution in [0.15, 0.2) is 47.4 Å². The summed E-state index contributed by atoms with van der Waals surface area (Å²) in [5.41, 5.74) is 2.52. The van der Waals surface area contributed by atoms with Crippen molar-refractivity contribution in [1.82, 2.24) is 4.90 Å². The van der Waals surface area contributed by atoms with E-state index in [0.29, 0.717) is 16.8 Å². The summed E-state index contributed by atoms with van der Waals surface area (Å²) in [6, 6.07) is 12.0. The smallest absolute Gasteiger partial charge is 0.255 e. The van der Waals surface area contributed by atoms with Crippen molar-refractivity contribution in [3.8, 4) is 0 Å². The van der Waals surface area contributed by atoms with Crippen molar-refractivity contribution in [1.29, 1.82) is 0 Å². The van der Waals surface area contributed by atoms with E-state index in [1.165, 1.54) is 6.07 Å². The van der Waals surface area contributed by atoms with Crippen molar-refractivity contribution >= 4 is 21.6 Å². The largest absolute Gasteiger partial charge is 0.373 e. The van der Waals surface area contributed by atoms with E-state index < -0.39 is 10.0 Å². The normalized spacial score (nSPS) is 20.4. The van der Waals surface area contributed by atoms with Gasteiger partial charge in [0.15, 0.2) is 0 Å². The van der Waals surface area contributed by atoms with Gasteiger partial charge in [-0.1, -0.05) is 18.2 Å². The Morgan fingerprint density at radius 2 is 1.76 bits per heavy atom. The van der Waals surface area contributed by atoms with Crippen LogP contribution in [0.5, 0.6) is 0 Å². The molecule has 8 heteroatoms. The predicted octanol–water partition coefficient (Wildman–Crippen LogP) is 2.50. The molecule has 156 valence electrons. The molecule has 0 aromatic heterocycles. The highest BCUT2D eigenvalue weighted by Crippen LogP contribution is 2.20. The zero-order chi connectivity index (χ0) is 21.2. The Kier molecular flexibility index (Phi) is 6.38. The average Bonchev–Trinajstić information content (AvgIpc) is 2.62. The van der Waals surface area contributed by atoms with Gasteiger partial charge in [-0.2, -0.15) is 0 Å². The minimum Gasteiger partial charge on any atom is -0.373 e. The van der Waals surface area contributed by atoms with E-state index in [-0.39, 0.29) is 23.0 Å². The Labute approximate surface area is 171 Å². The molecule has 2 aromatic carbocycles. The number of benzene rings is 2. The molecule has 0 saturated carbocycles. The number of nitrogens with two attached hydrogens (primary N) is 1. The highest BCUT2D eigenvalue weighted by molar-refractivity contribution is 7.89. The molecule has 29 heavy (non-hydrogen) atoms. The van der Waals surface area contributed by atoms with Crippen LogP contribution in [0.25, 0.3) is 0 Å².